The van der Waals surface area contributed by atoms with E-state index in [0.29, 0.717) is 18.0 Å². The lowest BCUT2D eigenvalue weighted by Crippen LogP contribution is -2.49. The number of hydrogen-bond acceptors (Lipinski definition) is 4. The Kier molecular flexibility index (Phi) is 6.72. The highest BCUT2D eigenvalue weighted by molar-refractivity contribution is 5.97. The first-order valence-electron chi connectivity index (χ1n) is 8.55. The number of benzene rings is 1. The Labute approximate surface area is 154 Å². The van der Waals surface area contributed by atoms with Crippen molar-refractivity contribution < 1.29 is 14.3 Å². The molecule has 2 amide bonds. The molecule has 0 spiro atoms. The maximum Gasteiger partial charge on any atom is 0.251 e. The van der Waals surface area contributed by atoms with Crippen LogP contribution in [0.5, 0.6) is 5.88 Å². The largest absolute Gasteiger partial charge is 0.481 e. The van der Waals surface area contributed by atoms with Gasteiger partial charge >= 0.3 is 0 Å². The fourth-order valence-corrected chi connectivity index (χ4v) is 2.40. The lowest BCUT2D eigenvalue weighted by Gasteiger charge is -2.22. The number of aryl methyl sites for hydroxylation is 1. The molecule has 0 radical (unpaired) electrons. The van der Waals surface area contributed by atoms with Crippen molar-refractivity contribution in [1.29, 1.82) is 0 Å². The van der Waals surface area contributed by atoms with Crippen molar-refractivity contribution in [3.8, 4) is 5.88 Å². The standard InChI is InChI=1S/C20H25N3O3/c1-13(2)18(23-19(24)16-8-5-14(3)6-9-16)20(25)22-12-15-7-10-17(26-4)21-11-15/h5-11,13,18H,12H2,1-4H3,(H,22,25)(H,23,24). The summed E-state index contributed by atoms with van der Waals surface area (Å²) in [5.41, 5.74) is 2.47. The number of carbonyl (C=O) groups excluding carboxylic acids is 2. The fourth-order valence-electron chi connectivity index (χ4n) is 2.40. The van der Waals surface area contributed by atoms with Crippen LogP contribution in [0.15, 0.2) is 42.6 Å². The number of rotatable bonds is 7. The maximum atomic E-state index is 12.5. The van der Waals surface area contributed by atoms with Gasteiger partial charge in [-0.25, -0.2) is 4.98 Å². The van der Waals surface area contributed by atoms with Gasteiger partial charge in [0, 0.05) is 24.4 Å². The third-order valence-electron chi connectivity index (χ3n) is 4.02. The van der Waals surface area contributed by atoms with Gasteiger partial charge in [-0.1, -0.05) is 37.6 Å². The maximum absolute atomic E-state index is 12.5. The number of ether oxygens (including phenoxy) is 1. The van der Waals surface area contributed by atoms with Crippen LogP contribution >= 0.6 is 0 Å². The molecule has 0 aliphatic heterocycles. The summed E-state index contributed by atoms with van der Waals surface area (Å²) in [5, 5.41) is 5.67. The van der Waals surface area contributed by atoms with Crippen molar-refractivity contribution in [2.45, 2.75) is 33.4 Å². The molecule has 1 aromatic heterocycles. The minimum atomic E-state index is -0.616. The van der Waals surface area contributed by atoms with Crippen LogP contribution in [-0.4, -0.2) is 29.9 Å². The second-order valence-corrected chi connectivity index (χ2v) is 6.49. The summed E-state index contributed by atoms with van der Waals surface area (Å²) in [6.07, 6.45) is 1.65. The van der Waals surface area contributed by atoms with E-state index in [1.54, 1.807) is 31.5 Å². The molecule has 1 unspecified atom stereocenters. The van der Waals surface area contributed by atoms with Crippen LogP contribution in [0.25, 0.3) is 0 Å². The van der Waals surface area contributed by atoms with Gasteiger partial charge < -0.3 is 15.4 Å². The molecule has 2 rings (SSSR count). The molecule has 0 fully saturated rings. The van der Waals surface area contributed by atoms with Gasteiger partial charge in [-0.3, -0.25) is 9.59 Å². The molecule has 0 saturated heterocycles. The second kappa shape index (κ2) is 8.99. The summed E-state index contributed by atoms with van der Waals surface area (Å²) < 4.78 is 5.01. The lowest BCUT2D eigenvalue weighted by atomic mass is 10.0. The molecule has 0 saturated carbocycles. The molecule has 2 aromatic rings. The van der Waals surface area contributed by atoms with Gasteiger partial charge in [0.25, 0.3) is 5.91 Å². The van der Waals surface area contributed by atoms with Crippen molar-refractivity contribution in [3.05, 3.63) is 59.3 Å². The molecule has 1 aromatic carbocycles. The van der Waals surface area contributed by atoms with Gasteiger partial charge in [0.15, 0.2) is 0 Å². The molecule has 1 heterocycles. The summed E-state index contributed by atoms with van der Waals surface area (Å²) in [5.74, 6) is -0.00914. The van der Waals surface area contributed by atoms with Crippen LogP contribution in [0.2, 0.25) is 0 Å². The average molecular weight is 355 g/mol. The second-order valence-electron chi connectivity index (χ2n) is 6.49. The van der Waals surface area contributed by atoms with E-state index in [2.05, 4.69) is 15.6 Å². The van der Waals surface area contributed by atoms with Crippen molar-refractivity contribution in [2.24, 2.45) is 5.92 Å². The molecule has 6 nitrogen and oxygen atoms in total. The average Bonchev–Trinajstić information content (AvgIpc) is 2.64. The number of pyridine rings is 1. The molecule has 0 bridgehead atoms. The normalized spacial score (nSPS) is 11.7. The van der Waals surface area contributed by atoms with Gasteiger partial charge in [0.2, 0.25) is 11.8 Å². The van der Waals surface area contributed by atoms with E-state index in [1.807, 2.05) is 39.0 Å². The van der Waals surface area contributed by atoms with Crippen molar-refractivity contribution in [1.82, 2.24) is 15.6 Å². The first-order chi connectivity index (χ1) is 12.4. The predicted molar refractivity (Wildman–Crippen MR) is 99.9 cm³/mol. The van der Waals surface area contributed by atoms with E-state index in [-0.39, 0.29) is 17.7 Å². The van der Waals surface area contributed by atoms with Crippen molar-refractivity contribution in [3.63, 3.8) is 0 Å². The molecule has 0 aliphatic carbocycles. The van der Waals surface area contributed by atoms with E-state index >= 15 is 0 Å². The van der Waals surface area contributed by atoms with E-state index in [9.17, 15) is 9.59 Å². The first kappa shape index (κ1) is 19.4. The Hall–Kier alpha value is -2.89. The topological polar surface area (TPSA) is 80.3 Å². The number of aromatic nitrogens is 1. The van der Waals surface area contributed by atoms with Gasteiger partial charge in [-0.2, -0.15) is 0 Å². The zero-order valence-corrected chi connectivity index (χ0v) is 15.6. The van der Waals surface area contributed by atoms with Crippen LogP contribution in [0.3, 0.4) is 0 Å². The van der Waals surface area contributed by atoms with Crippen LogP contribution in [0, 0.1) is 12.8 Å². The third kappa shape index (κ3) is 5.31. The molecule has 2 N–H and O–H groups in total. The van der Waals surface area contributed by atoms with Gasteiger partial charge in [0.05, 0.1) is 7.11 Å². The quantitative estimate of drug-likeness (QED) is 0.799. The van der Waals surface area contributed by atoms with Gasteiger partial charge in [-0.15, -0.1) is 0 Å². The number of nitrogens with zero attached hydrogens (tertiary/aromatic N) is 1. The van der Waals surface area contributed by atoms with Crippen molar-refractivity contribution in [2.75, 3.05) is 7.11 Å². The number of nitrogens with one attached hydrogen (secondary N) is 2. The summed E-state index contributed by atoms with van der Waals surface area (Å²) >= 11 is 0. The Morgan fingerprint density at radius 3 is 2.35 bits per heavy atom. The van der Waals surface area contributed by atoms with Crippen LogP contribution in [-0.2, 0) is 11.3 Å². The monoisotopic (exact) mass is 355 g/mol. The Bertz CT molecular complexity index is 740. The zero-order valence-electron chi connectivity index (χ0n) is 15.6. The minimum absolute atomic E-state index is 0.0432. The molecule has 6 heteroatoms. The molecule has 26 heavy (non-hydrogen) atoms. The highest BCUT2D eigenvalue weighted by atomic mass is 16.5. The summed E-state index contributed by atoms with van der Waals surface area (Å²) in [6, 6.07) is 10.2. The Balaban J connectivity index is 1.97. The van der Waals surface area contributed by atoms with Gasteiger partial charge in [0.1, 0.15) is 6.04 Å². The molecule has 138 valence electrons. The highest BCUT2D eigenvalue weighted by Gasteiger charge is 2.24. The van der Waals surface area contributed by atoms with Crippen LogP contribution in [0.1, 0.15) is 35.3 Å². The zero-order chi connectivity index (χ0) is 19.1. The number of amides is 2. The predicted octanol–water partition coefficient (Wildman–Crippen LogP) is 2.47. The van der Waals surface area contributed by atoms with E-state index in [0.717, 1.165) is 11.1 Å². The SMILES string of the molecule is COc1ccc(CNC(=O)C(NC(=O)c2ccc(C)cc2)C(C)C)cn1. The van der Waals surface area contributed by atoms with Crippen LogP contribution in [0.4, 0.5) is 0 Å². The van der Waals surface area contributed by atoms with Crippen LogP contribution < -0.4 is 15.4 Å². The molecular weight excluding hydrogens is 330 g/mol. The highest BCUT2D eigenvalue weighted by Crippen LogP contribution is 2.09. The molecule has 0 aliphatic rings. The third-order valence-corrected chi connectivity index (χ3v) is 4.02. The van der Waals surface area contributed by atoms with E-state index < -0.39 is 6.04 Å². The smallest absolute Gasteiger partial charge is 0.251 e. The summed E-state index contributed by atoms with van der Waals surface area (Å²) in [4.78, 5) is 29.0. The Morgan fingerprint density at radius 2 is 1.81 bits per heavy atom. The summed E-state index contributed by atoms with van der Waals surface area (Å²) in [7, 11) is 1.55. The summed E-state index contributed by atoms with van der Waals surface area (Å²) in [6.45, 7) is 6.09. The number of hydrogen-bond donors (Lipinski definition) is 2. The minimum Gasteiger partial charge on any atom is -0.481 e. The molecular formula is C20H25N3O3. The van der Waals surface area contributed by atoms with E-state index in [1.165, 1.54) is 0 Å². The lowest BCUT2D eigenvalue weighted by molar-refractivity contribution is -0.124. The molecule has 1 atom stereocenters. The number of methoxy groups -OCH3 is 1. The van der Waals surface area contributed by atoms with Gasteiger partial charge in [-0.05, 0) is 30.5 Å². The van der Waals surface area contributed by atoms with E-state index in [4.69, 9.17) is 4.74 Å². The Morgan fingerprint density at radius 1 is 1.12 bits per heavy atom. The number of carbonyl (C=O) groups is 2. The fraction of sp³-hybridized carbons (Fsp3) is 0.350. The van der Waals surface area contributed by atoms with Crippen molar-refractivity contribution >= 4 is 11.8 Å². The first-order valence-corrected chi connectivity index (χ1v) is 8.55.